The van der Waals surface area contributed by atoms with E-state index in [1.165, 1.54) is 25.7 Å². The first kappa shape index (κ1) is 26.6. The molecular formula is C22H42IN5O3. The number of amides is 1. The minimum absolute atomic E-state index is 0. The normalized spacial score (nSPS) is 25.8. The van der Waals surface area contributed by atoms with Gasteiger partial charge in [-0.05, 0) is 33.1 Å². The molecule has 3 fully saturated rings. The number of guanidine groups is 1. The molecule has 0 aromatic carbocycles. The molecular weight excluding hydrogens is 509 g/mol. The first-order valence-electron chi connectivity index (χ1n) is 11.8. The van der Waals surface area contributed by atoms with Gasteiger partial charge in [-0.1, -0.05) is 12.8 Å². The van der Waals surface area contributed by atoms with E-state index in [1.54, 1.807) is 7.11 Å². The summed E-state index contributed by atoms with van der Waals surface area (Å²) in [6.45, 7) is 10.9. The molecule has 0 radical (unpaired) electrons. The third kappa shape index (κ3) is 6.68. The number of methoxy groups -OCH3 is 1. The summed E-state index contributed by atoms with van der Waals surface area (Å²) in [5, 5.41) is 6.72. The lowest BCUT2D eigenvalue weighted by molar-refractivity contribution is -0.126. The molecule has 31 heavy (non-hydrogen) atoms. The van der Waals surface area contributed by atoms with Crippen LogP contribution in [0.2, 0.25) is 0 Å². The number of hydrogen-bond acceptors (Lipinski definition) is 5. The molecule has 9 heteroatoms. The molecule has 2 aliphatic carbocycles. The quantitative estimate of drug-likeness (QED) is 0.197. The SMILES string of the molecule is CCN=C(NC1CC(OCC)C12CCCC2)N1CCN(CC(=O)NCCOC)CC1.I. The van der Waals surface area contributed by atoms with E-state index < -0.39 is 0 Å². The molecule has 1 heterocycles. The lowest BCUT2D eigenvalue weighted by atomic mass is 9.60. The van der Waals surface area contributed by atoms with E-state index in [-0.39, 0.29) is 29.9 Å². The summed E-state index contributed by atoms with van der Waals surface area (Å²) in [7, 11) is 1.64. The second-order valence-corrected chi connectivity index (χ2v) is 8.72. The Hall–Kier alpha value is -0.650. The summed E-state index contributed by atoms with van der Waals surface area (Å²) in [4.78, 5) is 21.4. The van der Waals surface area contributed by atoms with Gasteiger partial charge in [0.2, 0.25) is 5.91 Å². The van der Waals surface area contributed by atoms with Gasteiger partial charge in [-0.15, -0.1) is 24.0 Å². The number of halogens is 1. The van der Waals surface area contributed by atoms with Crippen molar-refractivity contribution in [3.05, 3.63) is 0 Å². The summed E-state index contributed by atoms with van der Waals surface area (Å²) >= 11 is 0. The highest BCUT2D eigenvalue weighted by Gasteiger charge is 2.57. The fourth-order valence-electron chi connectivity index (χ4n) is 5.30. The Morgan fingerprint density at radius 2 is 1.87 bits per heavy atom. The zero-order chi connectivity index (χ0) is 21.4. The first-order valence-corrected chi connectivity index (χ1v) is 11.8. The van der Waals surface area contributed by atoms with Gasteiger partial charge in [-0.3, -0.25) is 14.7 Å². The first-order chi connectivity index (χ1) is 14.6. The third-order valence-corrected chi connectivity index (χ3v) is 6.97. The fourth-order valence-corrected chi connectivity index (χ4v) is 5.30. The average Bonchev–Trinajstić information content (AvgIpc) is 3.26. The van der Waals surface area contributed by atoms with E-state index in [0.29, 0.717) is 37.3 Å². The molecule has 0 bridgehead atoms. The maximum absolute atomic E-state index is 12.1. The lowest BCUT2D eigenvalue weighted by Gasteiger charge is -2.55. The average molecular weight is 552 g/mol. The molecule has 1 aliphatic heterocycles. The molecule has 2 atom stereocenters. The molecule has 8 nitrogen and oxygen atoms in total. The van der Waals surface area contributed by atoms with Gasteiger partial charge < -0.3 is 25.0 Å². The highest BCUT2D eigenvalue weighted by molar-refractivity contribution is 14.0. The van der Waals surface area contributed by atoms with Gasteiger partial charge in [0.15, 0.2) is 5.96 Å². The number of piperazine rings is 1. The summed E-state index contributed by atoms with van der Waals surface area (Å²) in [6, 6.07) is 0.464. The fraction of sp³-hybridized carbons (Fsp3) is 0.909. The van der Waals surface area contributed by atoms with Crippen LogP contribution in [-0.4, -0.2) is 99.9 Å². The number of ether oxygens (including phenoxy) is 2. The van der Waals surface area contributed by atoms with Crippen LogP contribution in [0.4, 0.5) is 0 Å². The largest absolute Gasteiger partial charge is 0.383 e. The Labute approximate surface area is 204 Å². The zero-order valence-electron chi connectivity index (χ0n) is 19.5. The molecule has 0 aromatic rings. The Kier molecular flexibility index (Phi) is 11.3. The van der Waals surface area contributed by atoms with Crippen LogP contribution in [0.3, 0.4) is 0 Å². The number of aliphatic imine (C=N–C) groups is 1. The van der Waals surface area contributed by atoms with Crippen molar-refractivity contribution in [2.24, 2.45) is 10.4 Å². The van der Waals surface area contributed by atoms with Crippen LogP contribution in [0.15, 0.2) is 4.99 Å². The molecule has 1 saturated heterocycles. The van der Waals surface area contributed by atoms with Crippen molar-refractivity contribution in [2.75, 3.05) is 66.1 Å². The van der Waals surface area contributed by atoms with Crippen molar-refractivity contribution in [1.82, 2.24) is 20.4 Å². The van der Waals surface area contributed by atoms with Crippen LogP contribution in [0, 0.1) is 5.41 Å². The maximum Gasteiger partial charge on any atom is 0.234 e. The minimum atomic E-state index is 0. The van der Waals surface area contributed by atoms with E-state index >= 15 is 0 Å². The van der Waals surface area contributed by atoms with E-state index in [0.717, 1.165) is 51.7 Å². The van der Waals surface area contributed by atoms with E-state index in [1.807, 2.05) is 0 Å². The van der Waals surface area contributed by atoms with Gasteiger partial charge in [-0.25, -0.2) is 0 Å². The van der Waals surface area contributed by atoms with Crippen LogP contribution in [0.5, 0.6) is 0 Å². The smallest absolute Gasteiger partial charge is 0.234 e. The number of carbonyl (C=O) groups excluding carboxylic acids is 1. The molecule has 1 spiro atoms. The molecule has 2 saturated carbocycles. The molecule has 1 amide bonds. The van der Waals surface area contributed by atoms with Crippen molar-refractivity contribution in [1.29, 1.82) is 0 Å². The van der Waals surface area contributed by atoms with Crippen molar-refractivity contribution >= 4 is 35.8 Å². The van der Waals surface area contributed by atoms with Gasteiger partial charge in [0.1, 0.15) is 0 Å². The monoisotopic (exact) mass is 551 g/mol. The second kappa shape index (κ2) is 13.2. The van der Waals surface area contributed by atoms with Crippen molar-refractivity contribution in [2.45, 2.75) is 58.1 Å². The lowest BCUT2D eigenvalue weighted by Crippen LogP contribution is -2.66. The number of nitrogens with zero attached hydrogens (tertiary/aromatic N) is 3. The van der Waals surface area contributed by atoms with E-state index in [9.17, 15) is 4.79 Å². The number of carbonyl (C=O) groups is 1. The highest BCUT2D eigenvalue weighted by atomic mass is 127. The Morgan fingerprint density at radius 1 is 1.16 bits per heavy atom. The second-order valence-electron chi connectivity index (χ2n) is 8.72. The topological polar surface area (TPSA) is 78.4 Å². The van der Waals surface area contributed by atoms with Gasteiger partial charge in [0, 0.05) is 64.4 Å². The third-order valence-electron chi connectivity index (χ3n) is 6.97. The predicted octanol–water partition coefficient (Wildman–Crippen LogP) is 1.69. The van der Waals surface area contributed by atoms with Gasteiger partial charge in [0.05, 0.1) is 19.3 Å². The summed E-state index contributed by atoms with van der Waals surface area (Å²) in [5.74, 6) is 1.11. The Bertz CT molecular complexity index is 577. The molecule has 3 rings (SSSR count). The van der Waals surface area contributed by atoms with E-state index in [2.05, 4.69) is 34.3 Å². The van der Waals surface area contributed by atoms with Gasteiger partial charge in [-0.2, -0.15) is 0 Å². The minimum Gasteiger partial charge on any atom is -0.383 e. The number of nitrogens with one attached hydrogen (secondary N) is 2. The Balaban J connectivity index is 0.00000341. The summed E-state index contributed by atoms with van der Waals surface area (Å²) in [6.07, 6.45) is 6.64. The van der Waals surface area contributed by atoms with Crippen LogP contribution in [-0.2, 0) is 14.3 Å². The van der Waals surface area contributed by atoms with Crippen LogP contribution < -0.4 is 10.6 Å². The van der Waals surface area contributed by atoms with Crippen molar-refractivity contribution in [3.8, 4) is 0 Å². The zero-order valence-corrected chi connectivity index (χ0v) is 21.9. The molecule has 0 aromatic heterocycles. The Morgan fingerprint density at radius 3 is 2.48 bits per heavy atom. The van der Waals surface area contributed by atoms with Crippen LogP contribution in [0.1, 0.15) is 46.0 Å². The highest BCUT2D eigenvalue weighted by Crippen LogP contribution is 2.54. The van der Waals surface area contributed by atoms with Gasteiger partial charge in [0.25, 0.3) is 0 Å². The summed E-state index contributed by atoms with van der Waals surface area (Å²) < 4.78 is 11.1. The number of hydrogen-bond donors (Lipinski definition) is 2. The molecule has 180 valence electrons. The molecule has 2 unspecified atom stereocenters. The summed E-state index contributed by atoms with van der Waals surface area (Å²) in [5.41, 5.74) is 0.298. The van der Waals surface area contributed by atoms with Gasteiger partial charge >= 0.3 is 0 Å². The van der Waals surface area contributed by atoms with Crippen LogP contribution >= 0.6 is 24.0 Å². The molecule has 2 N–H and O–H groups in total. The van der Waals surface area contributed by atoms with Crippen LogP contribution in [0.25, 0.3) is 0 Å². The number of rotatable bonds is 9. The molecule has 3 aliphatic rings. The van der Waals surface area contributed by atoms with Crippen molar-refractivity contribution in [3.63, 3.8) is 0 Å². The van der Waals surface area contributed by atoms with Crippen molar-refractivity contribution < 1.29 is 14.3 Å². The standard InChI is InChI=1S/C22H41N5O3.HI/c1-4-23-21(25-18-16-19(30-5-2)22(18)8-6-7-9-22)27-13-11-26(12-14-27)17-20(28)24-10-15-29-3;/h18-19H,4-17H2,1-3H3,(H,23,25)(H,24,28);1H. The predicted molar refractivity (Wildman–Crippen MR) is 134 cm³/mol. The maximum atomic E-state index is 12.1. The van der Waals surface area contributed by atoms with E-state index in [4.69, 9.17) is 14.5 Å².